The lowest BCUT2D eigenvalue weighted by molar-refractivity contribution is -0.148. The van der Waals surface area contributed by atoms with Gasteiger partial charge in [0.25, 0.3) is 0 Å². The van der Waals surface area contributed by atoms with Crippen LogP contribution in [0.3, 0.4) is 0 Å². The molecule has 1 aromatic rings. The number of halogens is 3. The maximum absolute atomic E-state index is 12.7. The molecule has 0 bridgehead atoms. The van der Waals surface area contributed by atoms with Gasteiger partial charge in [0.2, 0.25) is 5.82 Å². The minimum Gasteiger partial charge on any atom is -0.305 e. The molecule has 0 saturated heterocycles. The quantitative estimate of drug-likeness (QED) is 0.775. The summed E-state index contributed by atoms with van der Waals surface area (Å²) in [6.45, 7) is 4.51. The van der Waals surface area contributed by atoms with Crippen molar-refractivity contribution in [3.63, 3.8) is 0 Å². The van der Waals surface area contributed by atoms with Crippen LogP contribution in [0.2, 0.25) is 0 Å². The second kappa shape index (κ2) is 5.90. The summed E-state index contributed by atoms with van der Waals surface area (Å²) in [4.78, 5) is 2.15. The number of fused-ring (bicyclic) bond motifs is 1. The van der Waals surface area contributed by atoms with Crippen LogP contribution in [0.25, 0.3) is 0 Å². The molecule has 1 aliphatic heterocycles. The van der Waals surface area contributed by atoms with Gasteiger partial charge in [-0.25, -0.2) is 0 Å². The molecule has 0 aromatic carbocycles. The fraction of sp³-hybridized carbons (Fsp3) is 0.833. The molecule has 0 N–H and O–H groups in total. The predicted octanol–water partition coefficient (Wildman–Crippen LogP) is 2.69. The van der Waals surface area contributed by atoms with Gasteiger partial charge in [0.05, 0.1) is 6.54 Å². The third-order valence-electron chi connectivity index (χ3n) is 3.41. The SMILES string of the molecule is CCCCCCN1CCn2c(nnc2C(F)(F)F)C1. The Morgan fingerprint density at radius 2 is 1.89 bits per heavy atom. The van der Waals surface area contributed by atoms with Crippen molar-refractivity contribution in [1.82, 2.24) is 19.7 Å². The van der Waals surface area contributed by atoms with Crippen molar-refractivity contribution in [3.05, 3.63) is 11.6 Å². The minimum absolute atomic E-state index is 0.324. The molecule has 7 heteroatoms. The van der Waals surface area contributed by atoms with Gasteiger partial charge in [-0.2, -0.15) is 13.2 Å². The zero-order valence-corrected chi connectivity index (χ0v) is 11.1. The molecule has 0 aliphatic carbocycles. The Labute approximate surface area is 110 Å². The summed E-state index contributed by atoms with van der Waals surface area (Å²) >= 11 is 0. The van der Waals surface area contributed by atoms with E-state index in [1.165, 1.54) is 23.8 Å². The molecule has 4 nitrogen and oxygen atoms in total. The van der Waals surface area contributed by atoms with Crippen molar-refractivity contribution in [1.29, 1.82) is 0 Å². The van der Waals surface area contributed by atoms with E-state index in [9.17, 15) is 13.2 Å². The summed E-state index contributed by atoms with van der Waals surface area (Å²) in [7, 11) is 0. The molecule has 0 spiro atoms. The van der Waals surface area contributed by atoms with Crippen LogP contribution in [0.15, 0.2) is 0 Å². The van der Waals surface area contributed by atoms with Crippen LogP contribution in [-0.4, -0.2) is 32.8 Å². The van der Waals surface area contributed by atoms with Gasteiger partial charge in [-0.05, 0) is 13.0 Å². The summed E-state index contributed by atoms with van der Waals surface area (Å²) in [6, 6.07) is 0. The van der Waals surface area contributed by atoms with Crippen LogP contribution in [0.5, 0.6) is 0 Å². The Hall–Kier alpha value is -1.11. The van der Waals surface area contributed by atoms with E-state index in [4.69, 9.17) is 0 Å². The maximum Gasteiger partial charge on any atom is 0.451 e. The zero-order valence-electron chi connectivity index (χ0n) is 11.1. The highest BCUT2D eigenvalue weighted by Crippen LogP contribution is 2.29. The van der Waals surface area contributed by atoms with Crippen molar-refractivity contribution in [2.45, 2.75) is 51.9 Å². The first kappa shape index (κ1) is 14.3. The van der Waals surface area contributed by atoms with Crippen LogP contribution in [-0.2, 0) is 19.3 Å². The normalized spacial score (nSPS) is 16.6. The highest BCUT2D eigenvalue weighted by molar-refractivity contribution is 5.02. The van der Waals surface area contributed by atoms with Crippen molar-refractivity contribution < 1.29 is 13.2 Å². The Morgan fingerprint density at radius 1 is 1.11 bits per heavy atom. The van der Waals surface area contributed by atoms with Gasteiger partial charge < -0.3 is 4.57 Å². The average Bonchev–Trinajstić information content (AvgIpc) is 2.77. The van der Waals surface area contributed by atoms with Crippen molar-refractivity contribution >= 4 is 0 Å². The molecule has 1 aromatic heterocycles. The van der Waals surface area contributed by atoms with Gasteiger partial charge in [-0.1, -0.05) is 26.2 Å². The summed E-state index contributed by atoms with van der Waals surface area (Å²) < 4.78 is 39.2. The van der Waals surface area contributed by atoms with Gasteiger partial charge >= 0.3 is 6.18 Å². The van der Waals surface area contributed by atoms with E-state index in [0.717, 1.165) is 13.0 Å². The number of nitrogens with zero attached hydrogens (tertiary/aromatic N) is 4. The van der Waals surface area contributed by atoms with Crippen molar-refractivity contribution in [2.75, 3.05) is 13.1 Å². The van der Waals surface area contributed by atoms with E-state index >= 15 is 0 Å². The van der Waals surface area contributed by atoms with Gasteiger partial charge in [0.1, 0.15) is 5.82 Å². The van der Waals surface area contributed by atoms with E-state index in [1.54, 1.807) is 0 Å². The summed E-state index contributed by atoms with van der Waals surface area (Å²) in [5.41, 5.74) is 0. The van der Waals surface area contributed by atoms with Gasteiger partial charge in [0.15, 0.2) is 0 Å². The molecular weight excluding hydrogens is 257 g/mol. The fourth-order valence-corrected chi connectivity index (χ4v) is 2.37. The smallest absolute Gasteiger partial charge is 0.305 e. The Morgan fingerprint density at radius 3 is 2.58 bits per heavy atom. The molecule has 0 atom stereocenters. The molecule has 0 radical (unpaired) electrons. The highest BCUT2D eigenvalue weighted by atomic mass is 19.4. The number of unbranched alkanes of at least 4 members (excludes halogenated alkanes) is 3. The molecule has 19 heavy (non-hydrogen) atoms. The maximum atomic E-state index is 12.7. The lowest BCUT2D eigenvalue weighted by Crippen LogP contribution is -2.35. The predicted molar refractivity (Wildman–Crippen MR) is 64.4 cm³/mol. The Kier molecular flexibility index (Phi) is 4.44. The van der Waals surface area contributed by atoms with Gasteiger partial charge in [0, 0.05) is 13.1 Å². The van der Waals surface area contributed by atoms with Crippen LogP contribution in [0, 0.1) is 0 Å². The topological polar surface area (TPSA) is 34.0 Å². The number of hydrogen-bond donors (Lipinski definition) is 0. The molecule has 0 fully saturated rings. The highest BCUT2D eigenvalue weighted by Gasteiger charge is 2.39. The first-order chi connectivity index (χ1) is 9.02. The van der Waals surface area contributed by atoms with E-state index < -0.39 is 12.0 Å². The third-order valence-corrected chi connectivity index (χ3v) is 3.41. The second-order valence-electron chi connectivity index (χ2n) is 4.93. The molecule has 108 valence electrons. The fourth-order valence-electron chi connectivity index (χ4n) is 2.37. The van der Waals surface area contributed by atoms with E-state index in [1.807, 2.05) is 0 Å². The molecule has 2 rings (SSSR count). The summed E-state index contributed by atoms with van der Waals surface area (Å²) in [6.07, 6.45) is 0.252. The first-order valence-corrected chi connectivity index (χ1v) is 6.74. The van der Waals surface area contributed by atoms with Gasteiger partial charge in [-0.15, -0.1) is 10.2 Å². The Bertz CT molecular complexity index is 414. The van der Waals surface area contributed by atoms with Crippen molar-refractivity contribution in [3.8, 4) is 0 Å². The molecule has 0 amide bonds. The van der Waals surface area contributed by atoms with Crippen LogP contribution >= 0.6 is 0 Å². The largest absolute Gasteiger partial charge is 0.451 e. The molecule has 0 unspecified atom stereocenters. The number of aromatic nitrogens is 3. The lowest BCUT2D eigenvalue weighted by atomic mass is 10.2. The van der Waals surface area contributed by atoms with Gasteiger partial charge in [-0.3, -0.25) is 4.90 Å². The molecular formula is C12H19F3N4. The number of rotatable bonds is 5. The van der Waals surface area contributed by atoms with Crippen LogP contribution in [0.4, 0.5) is 13.2 Å². The molecule has 0 saturated carbocycles. The molecule has 1 aliphatic rings. The van der Waals surface area contributed by atoms with E-state index in [-0.39, 0.29) is 0 Å². The van der Waals surface area contributed by atoms with E-state index in [2.05, 4.69) is 22.0 Å². The average molecular weight is 276 g/mol. The minimum atomic E-state index is -4.41. The van der Waals surface area contributed by atoms with Crippen molar-refractivity contribution in [2.24, 2.45) is 0 Å². The number of hydrogen-bond acceptors (Lipinski definition) is 3. The standard InChI is InChI=1S/C12H19F3N4/c1-2-3-4-5-6-18-7-8-19-10(9-18)16-17-11(19)12(13,14)15/h2-9H2,1H3. The summed E-state index contributed by atoms with van der Waals surface area (Å²) in [5.74, 6) is -0.442. The second-order valence-corrected chi connectivity index (χ2v) is 4.93. The lowest BCUT2D eigenvalue weighted by Gasteiger charge is -2.27. The number of alkyl halides is 3. The zero-order chi connectivity index (χ0) is 13.9. The Balaban J connectivity index is 1.92. The summed E-state index contributed by atoms with van der Waals surface area (Å²) in [5, 5.41) is 6.94. The molecule has 2 heterocycles. The van der Waals surface area contributed by atoms with Crippen LogP contribution < -0.4 is 0 Å². The third kappa shape index (κ3) is 3.46. The van der Waals surface area contributed by atoms with Crippen LogP contribution in [0.1, 0.15) is 44.3 Å². The first-order valence-electron chi connectivity index (χ1n) is 6.74. The monoisotopic (exact) mass is 276 g/mol. The van der Waals surface area contributed by atoms with E-state index in [0.29, 0.717) is 25.5 Å².